The van der Waals surface area contributed by atoms with Gasteiger partial charge in [0.25, 0.3) is 11.8 Å². The van der Waals surface area contributed by atoms with Gasteiger partial charge >= 0.3 is 0 Å². The highest BCUT2D eigenvalue weighted by Crippen LogP contribution is 2.31. The molecule has 0 unspecified atom stereocenters. The van der Waals surface area contributed by atoms with Crippen molar-refractivity contribution in [1.82, 2.24) is 10.3 Å². The highest BCUT2D eigenvalue weighted by atomic mass is 16.5. The van der Waals surface area contributed by atoms with Gasteiger partial charge in [0, 0.05) is 24.9 Å². The van der Waals surface area contributed by atoms with Crippen molar-refractivity contribution in [2.24, 2.45) is 0 Å². The molecule has 1 fully saturated rings. The van der Waals surface area contributed by atoms with Crippen LogP contribution in [0, 0.1) is 11.8 Å². The molecule has 2 amide bonds. The van der Waals surface area contributed by atoms with Crippen molar-refractivity contribution >= 4 is 17.5 Å². The van der Waals surface area contributed by atoms with E-state index in [0.717, 1.165) is 0 Å². The predicted molar refractivity (Wildman–Crippen MR) is 130 cm³/mol. The van der Waals surface area contributed by atoms with Crippen molar-refractivity contribution in [2.75, 3.05) is 31.8 Å². The summed E-state index contributed by atoms with van der Waals surface area (Å²) in [5.74, 6) is 4.46. The Labute approximate surface area is 214 Å². The number of para-hydroxylation sites is 1. The number of aliphatic hydroxyl groups is 1. The number of rotatable bonds is 4. The van der Waals surface area contributed by atoms with Crippen LogP contribution in [0.25, 0.3) is 0 Å². The summed E-state index contributed by atoms with van der Waals surface area (Å²) in [5, 5.41) is 12.7. The fourth-order valence-electron chi connectivity index (χ4n) is 3.47. The molecule has 2 aliphatic heterocycles. The topological polar surface area (TPSA) is 110 Å². The molecule has 0 saturated carbocycles. The molecule has 36 heavy (non-hydrogen) atoms. The zero-order valence-corrected chi connectivity index (χ0v) is 19.0. The van der Waals surface area contributed by atoms with Gasteiger partial charge in [-0.25, -0.2) is 0 Å². The lowest BCUT2D eigenvalue weighted by atomic mass is 10.0. The van der Waals surface area contributed by atoms with E-state index in [2.05, 4.69) is 22.1 Å². The minimum absolute atomic E-state index is 0.00316. The van der Waals surface area contributed by atoms with Crippen LogP contribution >= 0.6 is 0 Å². The van der Waals surface area contributed by atoms with Crippen molar-refractivity contribution in [3.63, 3.8) is 0 Å². The molecule has 0 aliphatic carbocycles. The highest BCUT2D eigenvalue weighted by molar-refractivity contribution is 6.03. The average molecular weight is 491 g/mol. The van der Waals surface area contributed by atoms with Crippen LogP contribution in [0.3, 0.4) is 0 Å². The average Bonchev–Trinajstić information content (AvgIpc) is 3.07. The van der Waals surface area contributed by atoms with Crippen LogP contribution < -0.4 is 19.7 Å². The number of carbonyl (C=O) groups is 2. The number of anilines is 1. The van der Waals surface area contributed by atoms with Gasteiger partial charge in [-0.2, -0.15) is 0 Å². The summed E-state index contributed by atoms with van der Waals surface area (Å²) in [6, 6.07) is 3.74. The number of likely N-dealkylation sites (N-methyl/N-ethyl adjacent to an activating group) is 1. The van der Waals surface area contributed by atoms with E-state index in [4.69, 9.17) is 21.1 Å². The van der Waals surface area contributed by atoms with Crippen molar-refractivity contribution in [2.45, 2.75) is 11.6 Å². The number of ether oxygens (including phenoxy) is 3. The van der Waals surface area contributed by atoms with Crippen LogP contribution in [0.5, 0.6) is 17.2 Å². The summed E-state index contributed by atoms with van der Waals surface area (Å²) in [6.07, 6.45) is 1.25. The largest absolute Gasteiger partial charge is 0.489 e. The van der Waals surface area contributed by atoms with Crippen LogP contribution in [-0.2, 0) is 9.53 Å². The lowest BCUT2D eigenvalue weighted by molar-refractivity contribution is -0.140. The SMILES string of the molecule is [2H]c1c([2H])c([2H])c(Oc2ccnc(C(=O)N[C@H]3COc4ccc(C#CC5(O)COC5)cc4N(C)C3=O)c2)c([2H])c1[2H]. The highest BCUT2D eigenvalue weighted by Gasteiger charge is 2.34. The molecule has 9 heteroatoms. The predicted octanol–water partition coefficient (Wildman–Crippen LogP) is 2.14. The summed E-state index contributed by atoms with van der Waals surface area (Å²) in [7, 11) is 1.53. The van der Waals surface area contributed by atoms with Crippen molar-refractivity contribution in [3.05, 3.63) is 78.0 Å². The maximum absolute atomic E-state index is 13.2. The first-order valence-corrected chi connectivity index (χ1v) is 10.9. The van der Waals surface area contributed by atoms with Crippen molar-refractivity contribution < 1.29 is 35.8 Å². The fraction of sp³-hybridized carbons (Fsp3) is 0.222. The van der Waals surface area contributed by atoms with Crippen LogP contribution in [0.1, 0.15) is 22.9 Å². The molecule has 0 spiro atoms. The molecule has 2 aliphatic rings. The molecule has 2 N–H and O–H groups in total. The van der Waals surface area contributed by atoms with Crippen molar-refractivity contribution in [3.8, 4) is 29.1 Å². The number of carbonyl (C=O) groups excluding carboxylic acids is 2. The Morgan fingerprint density at radius 3 is 2.81 bits per heavy atom. The minimum Gasteiger partial charge on any atom is -0.489 e. The Morgan fingerprint density at radius 1 is 1.25 bits per heavy atom. The molecule has 0 radical (unpaired) electrons. The van der Waals surface area contributed by atoms with Crippen LogP contribution in [0.15, 0.2) is 66.7 Å². The van der Waals surface area contributed by atoms with E-state index in [0.29, 0.717) is 17.0 Å². The van der Waals surface area contributed by atoms with E-state index in [1.807, 2.05) is 0 Å². The lowest BCUT2D eigenvalue weighted by Crippen LogP contribution is -2.49. The molecular formula is C27H23N3O6. The Hall–Kier alpha value is -4.39. The van der Waals surface area contributed by atoms with Crippen molar-refractivity contribution in [1.29, 1.82) is 0 Å². The third-order valence-electron chi connectivity index (χ3n) is 5.44. The lowest BCUT2D eigenvalue weighted by Gasteiger charge is -2.30. The first-order chi connectivity index (χ1) is 19.5. The van der Waals surface area contributed by atoms with Crippen LogP contribution in [0.2, 0.25) is 0 Å². The second kappa shape index (κ2) is 9.70. The smallest absolute Gasteiger partial charge is 0.270 e. The van der Waals surface area contributed by atoms with Gasteiger partial charge in [-0.15, -0.1) is 0 Å². The van der Waals surface area contributed by atoms with Gasteiger partial charge in [0.15, 0.2) is 5.60 Å². The van der Waals surface area contributed by atoms with Gasteiger partial charge in [0.2, 0.25) is 0 Å². The Bertz CT molecular complexity index is 1610. The summed E-state index contributed by atoms with van der Waals surface area (Å²) in [5.41, 5.74) is -0.342. The molecule has 9 nitrogen and oxygen atoms in total. The van der Waals surface area contributed by atoms with Gasteiger partial charge in [-0.05, 0) is 36.4 Å². The maximum atomic E-state index is 13.2. The Balaban J connectivity index is 1.31. The van der Waals surface area contributed by atoms with E-state index in [9.17, 15) is 14.7 Å². The third-order valence-corrected chi connectivity index (χ3v) is 5.44. The Kier molecular flexibility index (Phi) is 4.84. The molecular weight excluding hydrogens is 462 g/mol. The molecule has 3 aromatic rings. The van der Waals surface area contributed by atoms with Crippen LogP contribution in [0.4, 0.5) is 5.69 Å². The standard InChI is InChI=1S/C27H23N3O6/c1-30-23-13-18(9-11-27(33)16-34-17-27)7-8-24(23)35-15-22(26(30)32)29-25(31)21-14-20(10-12-28-21)36-19-5-3-2-4-6-19/h2-8,10,12-14,22,33H,15-17H2,1H3,(H,29,31)/t22-/m0/s1/i2D,3D,4D,5D,6D. The number of amides is 2. The van der Waals surface area contributed by atoms with E-state index in [1.54, 1.807) is 18.2 Å². The summed E-state index contributed by atoms with van der Waals surface area (Å²) in [6.45, 7) is 0.0970. The second-order valence-electron chi connectivity index (χ2n) is 8.12. The molecule has 1 aromatic heterocycles. The summed E-state index contributed by atoms with van der Waals surface area (Å²) < 4.78 is 55.6. The molecule has 182 valence electrons. The minimum atomic E-state index is -1.19. The third kappa shape index (κ3) is 5.00. The number of nitrogens with zero attached hydrogens (tertiary/aromatic N) is 2. The number of hydrogen-bond donors (Lipinski definition) is 2. The molecule has 3 heterocycles. The molecule has 0 bridgehead atoms. The summed E-state index contributed by atoms with van der Waals surface area (Å²) >= 11 is 0. The number of nitrogens with one attached hydrogen (secondary N) is 1. The van der Waals surface area contributed by atoms with E-state index in [1.165, 1.54) is 30.3 Å². The first kappa shape index (κ1) is 18.0. The Morgan fingerprint density at radius 2 is 2.06 bits per heavy atom. The number of pyridine rings is 1. The van der Waals surface area contributed by atoms with Crippen LogP contribution in [-0.4, -0.2) is 60.4 Å². The number of fused-ring (bicyclic) bond motifs is 1. The van der Waals surface area contributed by atoms with E-state index < -0.39 is 59.4 Å². The van der Waals surface area contributed by atoms with Gasteiger partial charge < -0.3 is 29.5 Å². The molecule has 1 atom stereocenters. The van der Waals surface area contributed by atoms with Gasteiger partial charge in [-0.3, -0.25) is 14.6 Å². The fourth-order valence-corrected chi connectivity index (χ4v) is 3.47. The molecule has 2 aromatic carbocycles. The van der Waals surface area contributed by atoms with Gasteiger partial charge in [-0.1, -0.05) is 30.0 Å². The number of benzene rings is 2. The van der Waals surface area contributed by atoms with Gasteiger partial charge in [0.1, 0.15) is 35.6 Å². The zero-order valence-electron chi connectivity index (χ0n) is 24.0. The number of aromatic nitrogens is 1. The number of hydrogen-bond acceptors (Lipinski definition) is 7. The maximum Gasteiger partial charge on any atom is 0.270 e. The van der Waals surface area contributed by atoms with E-state index in [-0.39, 0.29) is 31.3 Å². The summed E-state index contributed by atoms with van der Waals surface area (Å²) in [4.78, 5) is 31.6. The van der Waals surface area contributed by atoms with Gasteiger partial charge in [0.05, 0.1) is 25.8 Å². The monoisotopic (exact) mass is 490 g/mol. The quantitative estimate of drug-likeness (QED) is 0.539. The van der Waals surface area contributed by atoms with E-state index >= 15 is 0 Å². The normalized spacial score (nSPS) is 19.8. The second-order valence-corrected chi connectivity index (χ2v) is 8.12. The molecule has 1 saturated heterocycles. The molecule has 5 rings (SSSR count). The zero-order chi connectivity index (χ0) is 29.5. The first-order valence-electron chi connectivity index (χ1n) is 13.4.